The van der Waals surface area contributed by atoms with Crippen LogP contribution in [-0.4, -0.2) is 28.6 Å². The molecule has 6 heteroatoms. The van der Waals surface area contributed by atoms with Crippen molar-refractivity contribution in [3.8, 4) is 28.4 Å². The van der Waals surface area contributed by atoms with Crippen molar-refractivity contribution < 1.29 is 18.6 Å². The van der Waals surface area contributed by atoms with Crippen LogP contribution in [0.4, 0.5) is 0 Å². The second kappa shape index (κ2) is 8.20. The normalized spacial score (nSPS) is 13.9. The molecule has 2 aromatic rings. The monoisotopic (exact) mass is 414 g/mol. The van der Waals surface area contributed by atoms with E-state index in [9.17, 15) is 4.79 Å². The summed E-state index contributed by atoms with van der Waals surface area (Å²) >= 11 is 0. The lowest BCUT2D eigenvalue weighted by Gasteiger charge is -2.36. The van der Waals surface area contributed by atoms with Gasteiger partial charge in [-0.3, -0.25) is 4.79 Å². The summed E-state index contributed by atoms with van der Waals surface area (Å²) in [4.78, 5) is 12.1. The van der Waals surface area contributed by atoms with Crippen LogP contribution in [0.1, 0.15) is 26.3 Å². The molecule has 0 saturated heterocycles. The van der Waals surface area contributed by atoms with E-state index in [1.54, 1.807) is 6.07 Å². The molecule has 1 aliphatic rings. The number of ether oxygens (including phenoxy) is 3. The van der Waals surface area contributed by atoms with Crippen molar-refractivity contribution in [3.63, 3.8) is 0 Å². The summed E-state index contributed by atoms with van der Waals surface area (Å²) in [5, 5.41) is 0.101. The predicted molar refractivity (Wildman–Crippen MR) is 118 cm³/mol. The Bertz CT molecular complexity index is 947. The molecule has 0 amide bonds. The molecule has 0 spiro atoms. The van der Waals surface area contributed by atoms with Gasteiger partial charge in [0, 0.05) is 5.56 Å². The fourth-order valence-electron chi connectivity index (χ4n) is 2.96. The van der Waals surface area contributed by atoms with Gasteiger partial charge in [-0.15, -0.1) is 0 Å². The van der Waals surface area contributed by atoms with Gasteiger partial charge >= 0.3 is 0 Å². The predicted octanol–water partition coefficient (Wildman–Crippen LogP) is 5.02. The molecule has 0 unspecified atom stereocenters. The third kappa shape index (κ3) is 4.48. The van der Waals surface area contributed by atoms with Crippen molar-refractivity contribution in [2.75, 3.05) is 20.3 Å². The lowest BCUT2D eigenvalue weighted by atomic mass is 9.99. The van der Waals surface area contributed by atoms with Gasteiger partial charge in [-0.25, -0.2) is 0 Å². The molecular weight excluding hydrogens is 384 g/mol. The second-order valence-corrected chi connectivity index (χ2v) is 13.5. The zero-order valence-electron chi connectivity index (χ0n) is 18.1. The first-order valence-electron chi connectivity index (χ1n) is 9.88. The molecular formula is C23H30O5Si. The number of fused-ring (bicyclic) bond motifs is 1. The molecule has 0 saturated carbocycles. The van der Waals surface area contributed by atoms with E-state index in [0.29, 0.717) is 25.6 Å². The summed E-state index contributed by atoms with van der Waals surface area (Å²) in [6.07, 6.45) is 0. The fraction of sp³-hybridized carbons (Fsp3) is 0.435. The summed E-state index contributed by atoms with van der Waals surface area (Å²) < 4.78 is 23.5. The summed E-state index contributed by atoms with van der Waals surface area (Å²) in [5.41, 5.74) is 2.65. The lowest BCUT2D eigenvalue weighted by molar-refractivity contribution is 0.165. The summed E-state index contributed by atoms with van der Waals surface area (Å²) in [6, 6.07) is 10.9. The van der Waals surface area contributed by atoms with Crippen LogP contribution in [0, 0.1) is 0 Å². The zero-order valence-corrected chi connectivity index (χ0v) is 19.1. The third-order valence-corrected chi connectivity index (χ3v) is 10.3. The SMILES string of the molecule is COc1ccc(-c2ccc3c(c2CO[Si](C)(C)C(C)(C)C)OCCO3)ccc1=O. The van der Waals surface area contributed by atoms with Gasteiger partial charge in [0.25, 0.3) is 0 Å². The highest BCUT2D eigenvalue weighted by Gasteiger charge is 2.37. The minimum Gasteiger partial charge on any atom is -0.493 e. The van der Waals surface area contributed by atoms with Gasteiger partial charge in [-0.05, 0) is 47.5 Å². The number of hydrogen-bond acceptors (Lipinski definition) is 5. The smallest absolute Gasteiger partial charge is 0.220 e. The zero-order chi connectivity index (χ0) is 21.2. The van der Waals surface area contributed by atoms with E-state index in [2.05, 4.69) is 33.9 Å². The van der Waals surface area contributed by atoms with E-state index < -0.39 is 8.32 Å². The van der Waals surface area contributed by atoms with Gasteiger partial charge in [0.2, 0.25) is 5.43 Å². The Kier molecular flexibility index (Phi) is 6.05. The number of benzene rings is 1. The average Bonchev–Trinajstić information content (AvgIpc) is 2.86. The lowest BCUT2D eigenvalue weighted by Crippen LogP contribution is -2.40. The average molecular weight is 415 g/mol. The molecule has 0 N–H and O–H groups in total. The van der Waals surface area contributed by atoms with E-state index in [-0.39, 0.29) is 10.5 Å². The Balaban J connectivity index is 2.09. The first-order chi connectivity index (χ1) is 13.6. The van der Waals surface area contributed by atoms with Crippen molar-refractivity contribution in [2.24, 2.45) is 0 Å². The number of hydrogen-bond donors (Lipinski definition) is 0. The van der Waals surface area contributed by atoms with Crippen molar-refractivity contribution in [1.29, 1.82) is 0 Å². The number of rotatable bonds is 5. The van der Waals surface area contributed by atoms with Gasteiger partial charge in [-0.2, -0.15) is 0 Å². The van der Waals surface area contributed by atoms with Crippen molar-refractivity contribution >= 4 is 8.32 Å². The van der Waals surface area contributed by atoms with E-state index in [4.69, 9.17) is 18.6 Å². The molecule has 156 valence electrons. The molecule has 3 rings (SSSR count). The van der Waals surface area contributed by atoms with Crippen LogP contribution in [0.3, 0.4) is 0 Å². The van der Waals surface area contributed by atoms with Gasteiger partial charge in [0.1, 0.15) is 13.2 Å². The molecule has 1 aliphatic heterocycles. The Labute approximate surface area is 173 Å². The molecule has 2 aromatic carbocycles. The van der Waals surface area contributed by atoms with Crippen molar-refractivity contribution in [1.82, 2.24) is 0 Å². The largest absolute Gasteiger partial charge is 0.493 e. The highest BCUT2D eigenvalue weighted by atomic mass is 28.4. The molecule has 29 heavy (non-hydrogen) atoms. The van der Waals surface area contributed by atoms with Gasteiger partial charge < -0.3 is 18.6 Å². The van der Waals surface area contributed by atoms with E-state index in [0.717, 1.165) is 28.2 Å². The molecule has 1 heterocycles. The van der Waals surface area contributed by atoms with E-state index >= 15 is 0 Å². The van der Waals surface area contributed by atoms with Crippen LogP contribution < -0.4 is 19.6 Å². The van der Waals surface area contributed by atoms with E-state index in [1.807, 2.05) is 24.3 Å². The fourth-order valence-corrected chi connectivity index (χ4v) is 3.89. The molecule has 5 nitrogen and oxygen atoms in total. The number of methoxy groups -OCH3 is 1. The van der Waals surface area contributed by atoms with Gasteiger partial charge in [0.05, 0.1) is 13.7 Å². The first-order valence-corrected chi connectivity index (χ1v) is 12.8. The molecule has 0 aromatic heterocycles. The van der Waals surface area contributed by atoms with Crippen LogP contribution in [0.5, 0.6) is 17.2 Å². The molecule has 0 radical (unpaired) electrons. The Morgan fingerprint density at radius 3 is 2.38 bits per heavy atom. The minimum absolute atomic E-state index is 0.101. The van der Waals surface area contributed by atoms with Crippen molar-refractivity contribution in [3.05, 3.63) is 52.2 Å². The van der Waals surface area contributed by atoms with Crippen LogP contribution in [-0.2, 0) is 11.0 Å². The van der Waals surface area contributed by atoms with Crippen LogP contribution in [0.15, 0.2) is 41.2 Å². The minimum atomic E-state index is -1.96. The van der Waals surface area contributed by atoms with Crippen molar-refractivity contribution in [2.45, 2.75) is 45.5 Å². The standard InChI is InChI=1S/C23H30O5Si/c1-23(2,3)29(5,6)28-15-18-17(9-12-21-22(18)27-14-13-26-21)16-7-10-19(24)20(25-4)11-8-16/h7-12H,13-15H2,1-6H3. The second-order valence-electron chi connectivity index (χ2n) is 8.72. The maximum atomic E-state index is 12.1. The summed E-state index contributed by atoms with van der Waals surface area (Å²) in [6.45, 7) is 12.6. The Hall–Kier alpha value is -2.31. The van der Waals surface area contributed by atoms with Crippen LogP contribution in [0.2, 0.25) is 18.1 Å². The Morgan fingerprint density at radius 2 is 1.69 bits per heavy atom. The maximum absolute atomic E-state index is 12.1. The van der Waals surface area contributed by atoms with E-state index in [1.165, 1.54) is 13.2 Å². The maximum Gasteiger partial charge on any atom is 0.220 e. The van der Waals surface area contributed by atoms with Crippen LogP contribution >= 0.6 is 0 Å². The molecule has 0 bridgehead atoms. The van der Waals surface area contributed by atoms with Gasteiger partial charge in [0.15, 0.2) is 25.6 Å². The molecule has 0 fully saturated rings. The Morgan fingerprint density at radius 1 is 1.00 bits per heavy atom. The highest BCUT2D eigenvalue weighted by Crippen LogP contribution is 2.43. The molecule has 0 atom stereocenters. The molecule has 0 aliphatic carbocycles. The first kappa shape index (κ1) is 21.4. The quantitative estimate of drug-likeness (QED) is 0.643. The van der Waals surface area contributed by atoms with Gasteiger partial charge in [-0.1, -0.05) is 39.0 Å². The third-order valence-electron chi connectivity index (χ3n) is 5.80. The summed E-state index contributed by atoms with van der Waals surface area (Å²) in [5.74, 6) is 1.78. The topological polar surface area (TPSA) is 54.0 Å². The summed E-state index contributed by atoms with van der Waals surface area (Å²) in [7, 11) is -0.464. The van der Waals surface area contributed by atoms with Crippen LogP contribution in [0.25, 0.3) is 11.1 Å². The highest BCUT2D eigenvalue weighted by molar-refractivity contribution is 6.74.